The summed E-state index contributed by atoms with van der Waals surface area (Å²) in [5, 5.41) is 6.84. The Morgan fingerprint density at radius 2 is 2.38 bits per heavy atom. The smallest absolute Gasteiger partial charge is 0.260 e. The third kappa shape index (κ3) is 3.05. The number of nitrogens with zero attached hydrogens (tertiary/aromatic N) is 3. The highest BCUT2D eigenvalue weighted by Crippen LogP contribution is 2.24. The number of pyridine rings is 1. The molecule has 3 rings (SSSR count). The minimum absolute atomic E-state index is 0.0374. The fourth-order valence-electron chi connectivity index (χ4n) is 3.23. The third-order valence-corrected chi connectivity index (χ3v) is 4.34. The number of nitrogens with one attached hydrogen (secondary N) is 1. The predicted octanol–water partition coefficient (Wildman–Crippen LogP) is 1.62. The lowest BCUT2D eigenvalue weighted by Crippen LogP contribution is -2.30. The summed E-state index contributed by atoms with van der Waals surface area (Å²) in [4.78, 5) is 17.5. The number of aliphatic imine (C=N–C) groups is 1. The number of aromatic amines is 1. The molecule has 2 aromatic rings. The lowest BCUT2D eigenvalue weighted by atomic mass is 10.0. The highest BCUT2D eigenvalue weighted by Gasteiger charge is 2.24. The number of hydrogen-bond acceptors (Lipinski definition) is 5. The van der Waals surface area contributed by atoms with Gasteiger partial charge < -0.3 is 15.0 Å². The maximum absolute atomic E-state index is 13.1. The first-order valence-corrected chi connectivity index (χ1v) is 8.13. The molecule has 0 amide bonds. The fourth-order valence-corrected chi connectivity index (χ4v) is 3.23. The largest absolute Gasteiger partial charge is 0.379 e. The van der Waals surface area contributed by atoms with E-state index < -0.39 is 0 Å². The van der Waals surface area contributed by atoms with Crippen molar-refractivity contribution in [1.29, 1.82) is 0 Å². The van der Waals surface area contributed by atoms with Crippen molar-refractivity contribution < 1.29 is 4.74 Å². The number of H-pyrrole nitrogens is 1. The van der Waals surface area contributed by atoms with E-state index in [-0.39, 0.29) is 17.8 Å². The van der Waals surface area contributed by atoms with Crippen molar-refractivity contribution in [2.45, 2.75) is 39.4 Å². The molecule has 0 radical (unpaired) electrons. The Balaban J connectivity index is 2.24. The number of rotatable bonds is 4. The van der Waals surface area contributed by atoms with Gasteiger partial charge in [-0.25, -0.2) is 0 Å². The topological polar surface area (TPSA) is 98.3 Å². The van der Waals surface area contributed by atoms with E-state index >= 15 is 0 Å². The number of aromatic nitrogens is 3. The van der Waals surface area contributed by atoms with Gasteiger partial charge in [0.05, 0.1) is 30.1 Å². The molecule has 1 fully saturated rings. The molecule has 1 unspecified atom stereocenters. The zero-order valence-electron chi connectivity index (χ0n) is 14.2. The van der Waals surface area contributed by atoms with Gasteiger partial charge in [-0.05, 0) is 39.3 Å². The van der Waals surface area contributed by atoms with Gasteiger partial charge in [-0.3, -0.25) is 14.9 Å². The molecule has 0 bridgehead atoms. The first kappa shape index (κ1) is 16.6. The molecule has 2 aromatic heterocycles. The van der Waals surface area contributed by atoms with Crippen molar-refractivity contribution in [2.75, 3.05) is 13.2 Å². The molecular weight excluding hydrogens is 306 g/mol. The summed E-state index contributed by atoms with van der Waals surface area (Å²) < 4.78 is 7.32. The molecule has 1 saturated heterocycles. The zero-order chi connectivity index (χ0) is 17.3. The predicted molar refractivity (Wildman–Crippen MR) is 93.4 cm³/mol. The molecule has 0 spiro atoms. The molecule has 0 saturated carbocycles. The van der Waals surface area contributed by atoms with Crippen LogP contribution in [-0.2, 0) is 4.74 Å². The molecule has 1 aliphatic heterocycles. The van der Waals surface area contributed by atoms with Crippen LogP contribution in [0.4, 0.5) is 0 Å². The minimum atomic E-state index is -0.296. The summed E-state index contributed by atoms with van der Waals surface area (Å²) in [7, 11) is 0. The van der Waals surface area contributed by atoms with Gasteiger partial charge in [-0.15, -0.1) is 0 Å². The molecular formula is C17H23N5O2. The maximum atomic E-state index is 13.1. The van der Waals surface area contributed by atoms with Gasteiger partial charge in [-0.2, -0.15) is 5.10 Å². The molecule has 0 aliphatic carbocycles. The minimum Gasteiger partial charge on any atom is -0.379 e. The van der Waals surface area contributed by atoms with Crippen LogP contribution in [0, 0.1) is 6.92 Å². The van der Waals surface area contributed by atoms with Crippen LogP contribution in [0.3, 0.4) is 0 Å². The molecule has 0 aromatic carbocycles. The molecule has 24 heavy (non-hydrogen) atoms. The van der Waals surface area contributed by atoms with E-state index in [1.807, 2.05) is 31.4 Å². The average Bonchev–Trinajstić information content (AvgIpc) is 3.19. The van der Waals surface area contributed by atoms with Crippen LogP contribution in [0.2, 0.25) is 0 Å². The SMILES string of the molecule is CC(=NC(C)N)c1cc(-c2ccn[nH]2)c(=O)n([C@@H]2CCOC2)c1C. The average molecular weight is 329 g/mol. The number of hydrogen-bond donors (Lipinski definition) is 2. The van der Waals surface area contributed by atoms with Gasteiger partial charge in [-0.1, -0.05) is 0 Å². The first-order chi connectivity index (χ1) is 11.5. The Morgan fingerprint density at radius 1 is 1.58 bits per heavy atom. The molecule has 128 valence electrons. The highest BCUT2D eigenvalue weighted by atomic mass is 16.5. The molecule has 7 heteroatoms. The van der Waals surface area contributed by atoms with Gasteiger partial charge in [0, 0.05) is 29.8 Å². The second-order valence-corrected chi connectivity index (χ2v) is 6.18. The van der Waals surface area contributed by atoms with Crippen molar-refractivity contribution in [3.05, 3.63) is 39.9 Å². The molecule has 1 aliphatic rings. The Morgan fingerprint density at radius 3 is 2.96 bits per heavy atom. The van der Waals surface area contributed by atoms with Crippen molar-refractivity contribution in [2.24, 2.45) is 10.7 Å². The van der Waals surface area contributed by atoms with E-state index in [1.54, 1.807) is 12.3 Å². The highest BCUT2D eigenvalue weighted by molar-refractivity contribution is 6.00. The van der Waals surface area contributed by atoms with Crippen LogP contribution in [0.25, 0.3) is 11.3 Å². The summed E-state index contributed by atoms with van der Waals surface area (Å²) in [5.41, 5.74) is 9.68. The van der Waals surface area contributed by atoms with Crippen LogP contribution in [0.1, 0.15) is 37.6 Å². The van der Waals surface area contributed by atoms with Crippen molar-refractivity contribution in [3.63, 3.8) is 0 Å². The van der Waals surface area contributed by atoms with Crippen molar-refractivity contribution in [3.8, 4) is 11.3 Å². The standard InChI is InChI=1S/C17H23N5O2/c1-10(20-12(3)18)14-8-15(16-4-6-19-21-16)17(23)22(11(14)2)13-5-7-24-9-13/h4,6,8,12-13H,5,7,9,18H2,1-3H3,(H,19,21)/t12?,13-/m1/s1. The van der Waals surface area contributed by atoms with Gasteiger partial charge in [0.25, 0.3) is 5.56 Å². The van der Waals surface area contributed by atoms with Crippen LogP contribution in [0.5, 0.6) is 0 Å². The maximum Gasteiger partial charge on any atom is 0.260 e. The lowest BCUT2D eigenvalue weighted by Gasteiger charge is -2.20. The van der Waals surface area contributed by atoms with E-state index in [1.165, 1.54) is 0 Å². The van der Waals surface area contributed by atoms with Crippen LogP contribution >= 0.6 is 0 Å². The Hall–Kier alpha value is -2.25. The van der Waals surface area contributed by atoms with Gasteiger partial charge in [0.15, 0.2) is 0 Å². The van der Waals surface area contributed by atoms with Crippen LogP contribution in [-0.4, -0.2) is 39.9 Å². The van der Waals surface area contributed by atoms with E-state index in [9.17, 15) is 4.79 Å². The fraction of sp³-hybridized carbons (Fsp3) is 0.471. The first-order valence-electron chi connectivity index (χ1n) is 8.13. The summed E-state index contributed by atoms with van der Waals surface area (Å²) in [6, 6.07) is 3.71. The zero-order valence-corrected chi connectivity index (χ0v) is 14.2. The summed E-state index contributed by atoms with van der Waals surface area (Å²) >= 11 is 0. The van der Waals surface area contributed by atoms with E-state index in [2.05, 4.69) is 15.2 Å². The second-order valence-electron chi connectivity index (χ2n) is 6.18. The Labute approximate surface area is 140 Å². The summed E-state index contributed by atoms with van der Waals surface area (Å²) in [6.07, 6.45) is 2.17. The monoisotopic (exact) mass is 329 g/mol. The third-order valence-electron chi connectivity index (χ3n) is 4.34. The van der Waals surface area contributed by atoms with E-state index in [0.717, 1.165) is 23.4 Å². The van der Waals surface area contributed by atoms with Gasteiger partial charge >= 0.3 is 0 Å². The quantitative estimate of drug-likeness (QED) is 0.833. The normalized spacial score (nSPS) is 19.7. The summed E-state index contributed by atoms with van der Waals surface area (Å²) in [5.74, 6) is 0. The van der Waals surface area contributed by atoms with E-state index in [0.29, 0.717) is 24.5 Å². The Bertz CT molecular complexity index is 799. The van der Waals surface area contributed by atoms with E-state index in [4.69, 9.17) is 10.5 Å². The van der Waals surface area contributed by atoms with Crippen molar-refractivity contribution >= 4 is 5.71 Å². The van der Waals surface area contributed by atoms with Gasteiger partial charge in [0.2, 0.25) is 0 Å². The molecule has 3 N–H and O–H groups in total. The number of nitrogens with two attached hydrogens (primary N) is 1. The number of ether oxygens (including phenoxy) is 1. The lowest BCUT2D eigenvalue weighted by molar-refractivity contribution is 0.185. The van der Waals surface area contributed by atoms with Crippen LogP contribution in [0.15, 0.2) is 28.1 Å². The second kappa shape index (κ2) is 6.70. The van der Waals surface area contributed by atoms with Crippen molar-refractivity contribution in [1.82, 2.24) is 14.8 Å². The molecule has 7 nitrogen and oxygen atoms in total. The Kier molecular flexibility index (Phi) is 4.64. The molecule has 3 heterocycles. The van der Waals surface area contributed by atoms with Gasteiger partial charge in [0.1, 0.15) is 0 Å². The van der Waals surface area contributed by atoms with Crippen LogP contribution < -0.4 is 11.3 Å². The molecule has 2 atom stereocenters. The summed E-state index contributed by atoms with van der Waals surface area (Å²) in [6.45, 7) is 6.92.